The van der Waals surface area contributed by atoms with Gasteiger partial charge in [-0.25, -0.2) is 0 Å². The van der Waals surface area contributed by atoms with Crippen molar-refractivity contribution in [2.45, 2.75) is 0 Å². The highest BCUT2D eigenvalue weighted by Crippen LogP contribution is 2.47. The fraction of sp³-hybridized carbons (Fsp3) is 0. The molecule has 0 aliphatic carbocycles. The van der Waals surface area contributed by atoms with Gasteiger partial charge in [0, 0.05) is 49.7 Å². The summed E-state index contributed by atoms with van der Waals surface area (Å²) in [5.41, 5.74) is 11.9. The maximum Gasteiger partial charge on any atom is 0.137 e. The Morgan fingerprint density at radius 2 is 0.781 bits per heavy atom. The average molecular weight is 816 g/mol. The van der Waals surface area contributed by atoms with Crippen molar-refractivity contribution in [1.29, 1.82) is 0 Å². The lowest BCUT2D eigenvalue weighted by Gasteiger charge is -2.27. The van der Waals surface area contributed by atoms with E-state index in [2.05, 4.69) is 232 Å². The van der Waals surface area contributed by atoms with Gasteiger partial charge in [0.25, 0.3) is 0 Å². The van der Waals surface area contributed by atoms with Crippen molar-refractivity contribution in [3.63, 3.8) is 0 Å². The zero-order valence-corrected chi connectivity index (χ0v) is 34.6. The van der Waals surface area contributed by atoms with Crippen LogP contribution in [0.2, 0.25) is 0 Å². The van der Waals surface area contributed by atoms with E-state index in [-0.39, 0.29) is 0 Å². The molecule has 3 heterocycles. The minimum Gasteiger partial charge on any atom is -0.456 e. The molecule has 14 aromatic rings. The molecule has 11 aromatic carbocycles. The van der Waals surface area contributed by atoms with E-state index in [1.807, 2.05) is 6.07 Å². The second-order valence-corrected chi connectivity index (χ2v) is 16.8. The quantitative estimate of drug-likeness (QED) is 0.162. The third-order valence-corrected chi connectivity index (χ3v) is 13.5. The zero-order chi connectivity index (χ0) is 41.9. The first-order valence-corrected chi connectivity index (χ1v) is 21.9. The SMILES string of the molecule is c1ccc(-n2c3ccccc3c3cc(-n4c5ccccc5c5ccc(N(c6ccc7c8ccccc8c8ccccc8c7c6)c6cccc7oc8ccccc8c67)cc54)ccc32)cc1. The predicted molar refractivity (Wildman–Crippen MR) is 270 cm³/mol. The van der Waals surface area contributed by atoms with Gasteiger partial charge in [-0.1, -0.05) is 140 Å². The molecule has 0 spiro atoms. The van der Waals surface area contributed by atoms with E-state index in [4.69, 9.17) is 4.42 Å². The highest BCUT2D eigenvalue weighted by Gasteiger charge is 2.23. The third-order valence-electron chi connectivity index (χ3n) is 13.5. The van der Waals surface area contributed by atoms with Crippen LogP contribution in [0.1, 0.15) is 0 Å². The molecule has 0 atom stereocenters. The molecule has 4 nitrogen and oxygen atoms in total. The van der Waals surface area contributed by atoms with Crippen molar-refractivity contribution in [1.82, 2.24) is 9.13 Å². The van der Waals surface area contributed by atoms with E-state index in [0.29, 0.717) is 0 Å². The number of fused-ring (bicyclic) bond motifs is 15. The van der Waals surface area contributed by atoms with Crippen molar-refractivity contribution in [2.75, 3.05) is 4.90 Å². The number of hydrogen-bond donors (Lipinski definition) is 0. The Balaban J connectivity index is 1.05. The summed E-state index contributed by atoms with van der Waals surface area (Å²) < 4.78 is 11.4. The summed E-state index contributed by atoms with van der Waals surface area (Å²) in [5, 5.41) is 14.5. The van der Waals surface area contributed by atoms with Crippen LogP contribution in [-0.4, -0.2) is 9.13 Å². The van der Waals surface area contributed by atoms with Gasteiger partial charge in [0.2, 0.25) is 0 Å². The van der Waals surface area contributed by atoms with E-state index >= 15 is 0 Å². The summed E-state index contributed by atoms with van der Waals surface area (Å²) in [6, 6.07) is 81.6. The molecule has 0 fully saturated rings. The van der Waals surface area contributed by atoms with Crippen LogP contribution in [0.5, 0.6) is 0 Å². The van der Waals surface area contributed by atoms with Crippen molar-refractivity contribution < 1.29 is 4.42 Å². The molecule has 4 heteroatoms. The van der Waals surface area contributed by atoms with Gasteiger partial charge in [-0.2, -0.15) is 0 Å². The first kappa shape index (κ1) is 35.0. The van der Waals surface area contributed by atoms with E-state index in [1.165, 1.54) is 70.4 Å². The van der Waals surface area contributed by atoms with Crippen molar-refractivity contribution in [3.05, 3.63) is 224 Å². The van der Waals surface area contributed by atoms with Crippen LogP contribution in [0.15, 0.2) is 229 Å². The highest BCUT2D eigenvalue weighted by molar-refractivity contribution is 6.26. The topological polar surface area (TPSA) is 26.2 Å². The fourth-order valence-electron chi connectivity index (χ4n) is 10.7. The summed E-state index contributed by atoms with van der Waals surface area (Å²) in [6.07, 6.45) is 0. The molecule has 0 unspecified atom stereocenters. The Kier molecular flexibility index (Phi) is 7.36. The van der Waals surface area contributed by atoms with Gasteiger partial charge in [0.15, 0.2) is 0 Å². The Morgan fingerprint density at radius 3 is 1.50 bits per heavy atom. The highest BCUT2D eigenvalue weighted by atomic mass is 16.3. The Bertz CT molecular complexity index is 4170. The van der Waals surface area contributed by atoms with Crippen LogP contribution in [0.25, 0.3) is 109 Å². The van der Waals surface area contributed by atoms with E-state index < -0.39 is 0 Å². The number of aromatic nitrogens is 2. The number of rotatable bonds is 5. The van der Waals surface area contributed by atoms with Gasteiger partial charge in [-0.05, 0) is 117 Å². The fourth-order valence-corrected chi connectivity index (χ4v) is 10.7. The maximum absolute atomic E-state index is 6.54. The van der Waals surface area contributed by atoms with Crippen LogP contribution < -0.4 is 4.90 Å². The molecule has 0 amide bonds. The molecule has 3 aromatic heterocycles. The lowest BCUT2D eigenvalue weighted by molar-refractivity contribution is 0.669. The number of furan rings is 1. The van der Waals surface area contributed by atoms with E-state index in [9.17, 15) is 0 Å². The molecule has 0 aliphatic heterocycles. The Morgan fingerprint density at radius 1 is 0.281 bits per heavy atom. The molecule has 0 aliphatic rings. The Hall–Kier alpha value is -8.60. The van der Waals surface area contributed by atoms with Gasteiger partial charge in [0.05, 0.1) is 33.1 Å². The molecule has 0 N–H and O–H groups in total. The van der Waals surface area contributed by atoms with Crippen LogP contribution in [0.3, 0.4) is 0 Å². The summed E-state index contributed by atoms with van der Waals surface area (Å²) in [4.78, 5) is 2.44. The zero-order valence-electron chi connectivity index (χ0n) is 34.6. The lowest BCUT2D eigenvalue weighted by Crippen LogP contribution is -2.10. The molecular formula is C60H37N3O. The number of nitrogens with zero attached hydrogens (tertiary/aromatic N) is 3. The number of anilines is 3. The van der Waals surface area contributed by atoms with E-state index in [1.54, 1.807) is 0 Å². The molecular weight excluding hydrogens is 779 g/mol. The van der Waals surface area contributed by atoms with Crippen molar-refractivity contribution >= 4 is 115 Å². The molecule has 14 rings (SSSR count). The summed E-state index contributed by atoms with van der Waals surface area (Å²) >= 11 is 0. The normalized spacial score (nSPS) is 12.1. The average Bonchev–Trinajstić information content (AvgIpc) is 4.02. The Labute approximate surface area is 367 Å². The largest absolute Gasteiger partial charge is 0.456 e. The van der Waals surface area contributed by atoms with Crippen molar-refractivity contribution in [2.24, 2.45) is 0 Å². The molecule has 298 valence electrons. The molecule has 0 saturated heterocycles. The van der Waals surface area contributed by atoms with Crippen LogP contribution in [-0.2, 0) is 0 Å². The van der Waals surface area contributed by atoms with Crippen LogP contribution in [0.4, 0.5) is 17.1 Å². The van der Waals surface area contributed by atoms with Gasteiger partial charge < -0.3 is 18.5 Å². The second-order valence-electron chi connectivity index (χ2n) is 16.8. The number of hydrogen-bond acceptors (Lipinski definition) is 2. The van der Waals surface area contributed by atoms with Crippen LogP contribution in [0, 0.1) is 0 Å². The maximum atomic E-state index is 6.54. The number of para-hydroxylation sites is 4. The smallest absolute Gasteiger partial charge is 0.137 e. The summed E-state index contributed by atoms with van der Waals surface area (Å²) in [7, 11) is 0. The molecule has 0 saturated carbocycles. The van der Waals surface area contributed by atoms with Gasteiger partial charge in [0.1, 0.15) is 11.2 Å². The first-order chi connectivity index (χ1) is 31.8. The number of benzene rings is 11. The lowest BCUT2D eigenvalue weighted by atomic mass is 9.94. The van der Waals surface area contributed by atoms with Gasteiger partial charge >= 0.3 is 0 Å². The van der Waals surface area contributed by atoms with Crippen LogP contribution >= 0.6 is 0 Å². The van der Waals surface area contributed by atoms with Gasteiger partial charge in [-0.15, -0.1) is 0 Å². The molecule has 0 radical (unpaired) electrons. The standard InChI is InChI=1S/C60H37N3O/c1-2-15-38(16-3-1)62-54-25-12-9-22-48(54)52-36-40(31-34-55(52)62)63-53-24-11-8-21-47(53)49-33-30-41(37-57(49)63)61(56-26-14-28-59-60(56)50-23-10-13-27-58(50)64-59)39-29-32-46-44-19-5-4-17-42(44)43-18-6-7-20-45(43)51(46)35-39/h1-37H. The summed E-state index contributed by atoms with van der Waals surface area (Å²) in [6.45, 7) is 0. The second kappa shape index (κ2) is 13.4. The minimum absolute atomic E-state index is 0.860. The van der Waals surface area contributed by atoms with Gasteiger partial charge in [-0.3, -0.25) is 0 Å². The van der Waals surface area contributed by atoms with Crippen molar-refractivity contribution in [3.8, 4) is 11.4 Å². The minimum atomic E-state index is 0.860. The monoisotopic (exact) mass is 815 g/mol. The first-order valence-electron chi connectivity index (χ1n) is 21.9. The molecule has 0 bridgehead atoms. The predicted octanol–water partition coefficient (Wildman–Crippen LogP) is 16.7. The van der Waals surface area contributed by atoms with E-state index in [0.717, 1.165) is 55.9 Å². The third kappa shape index (κ3) is 4.99. The summed E-state index contributed by atoms with van der Waals surface area (Å²) in [5.74, 6) is 0. The molecule has 64 heavy (non-hydrogen) atoms.